The Hall–Kier alpha value is -1.35. The molecule has 2 aromatic rings. The number of rotatable bonds is 3. The van der Waals surface area contributed by atoms with Crippen molar-refractivity contribution in [3.8, 4) is 5.75 Å². The summed E-state index contributed by atoms with van der Waals surface area (Å²) in [5, 5.41) is 3.23. The van der Waals surface area contributed by atoms with Crippen molar-refractivity contribution in [1.82, 2.24) is 4.98 Å². The third-order valence-corrected chi connectivity index (χ3v) is 3.03. The summed E-state index contributed by atoms with van der Waals surface area (Å²) in [7, 11) is 1.68. The Balaban J connectivity index is 2.11. The maximum Gasteiger partial charge on any atom is 0.118 e. The molecule has 1 aromatic carbocycles. The average Bonchev–Trinajstić information content (AvgIpc) is 2.65. The van der Waals surface area contributed by atoms with Crippen LogP contribution >= 0.6 is 11.3 Å². The summed E-state index contributed by atoms with van der Waals surface area (Å²) in [5.41, 5.74) is 2.41. The first-order chi connectivity index (χ1) is 7.28. The van der Waals surface area contributed by atoms with Gasteiger partial charge in [-0.1, -0.05) is 12.1 Å². The summed E-state index contributed by atoms with van der Waals surface area (Å²) in [4.78, 5) is 4.44. The van der Waals surface area contributed by atoms with Crippen LogP contribution in [-0.2, 0) is 6.42 Å². The highest BCUT2D eigenvalue weighted by Gasteiger charge is 2.00. The van der Waals surface area contributed by atoms with Gasteiger partial charge >= 0.3 is 0 Å². The van der Waals surface area contributed by atoms with Crippen LogP contribution in [0.5, 0.6) is 5.75 Å². The molecule has 3 heteroatoms. The summed E-state index contributed by atoms with van der Waals surface area (Å²) < 4.78 is 5.11. The quantitative estimate of drug-likeness (QED) is 0.791. The molecule has 0 N–H and O–H groups in total. The lowest BCUT2D eigenvalue weighted by Gasteiger charge is -2.01. The highest BCUT2D eigenvalue weighted by molar-refractivity contribution is 7.09. The third kappa shape index (κ3) is 2.57. The van der Waals surface area contributed by atoms with E-state index < -0.39 is 0 Å². The molecule has 1 heterocycles. The number of methoxy groups -OCH3 is 1. The summed E-state index contributed by atoms with van der Waals surface area (Å²) >= 11 is 1.70. The van der Waals surface area contributed by atoms with Crippen LogP contribution in [0.4, 0.5) is 0 Å². The van der Waals surface area contributed by atoms with Gasteiger partial charge in [0.2, 0.25) is 0 Å². The van der Waals surface area contributed by atoms with Gasteiger partial charge in [-0.15, -0.1) is 11.3 Å². The minimum Gasteiger partial charge on any atom is -0.497 e. The van der Waals surface area contributed by atoms with E-state index in [1.54, 1.807) is 18.4 Å². The van der Waals surface area contributed by atoms with Gasteiger partial charge in [-0.3, -0.25) is 0 Å². The van der Waals surface area contributed by atoms with E-state index in [0.29, 0.717) is 0 Å². The Morgan fingerprint density at radius 1 is 1.27 bits per heavy atom. The zero-order valence-electron chi connectivity index (χ0n) is 8.86. The lowest BCUT2D eigenvalue weighted by molar-refractivity contribution is 0.414. The smallest absolute Gasteiger partial charge is 0.118 e. The highest BCUT2D eigenvalue weighted by Crippen LogP contribution is 2.16. The van der Waals surface area contributed by atoms with E-state index in [1.165, 1.54) is 5.56 Å². The number of ether oxygens (including phenoxy) is 1. The van der Waals surface area contributed by atoms with Crippen molar-refractivity contribution in [3.05, 3.63) is 45.9 Å². The molecule has 0 spiro atoms. The highest BCUT2D eigenvalue weighted by atomic mass is 32.1. The molecule has 2 rings (SSSR count). The number of hydrogen-bond acceptors (Lipinski definition) is 3. The standard InChI is InChI=1S/C12H13NOS/c1-9-13-11(8-15-9)7-10-3-5-12(14-2)6-4-10/h3-6,8H,7H2,1-2H3. The minimum absolute atomic E-state index is 0.896. The Morgan fingerprint density at radius 3 is 2.53 bits per heavy atom. The fraction of sp³-hybridized carbons (Fsp3) is 0.250. The molecule has 78 valence electrons. The van der Waals surface area contributed by atoms with Crippen molar-refractivity contribution in [3.63, 3.8) is 0 Å². The summed E-state index contributed by atoms with van der Waals surface area (Å²) in [6, 6.07) is 8.12. The lowest BCUT2D eigenvalue weighted by atomic mass is 10.1. The molecule has 0 unspecified atom stereocenters. The van der Waals surface area contributed by atoms with Crippen molar-refractivity contribution in [2.24, 2.45) is 0 Å². The molecule has 0 radical (unpaired) electrons. The number of nitrogens with zero attached hydrogens (tertiary/aromatic N) is 1. The van der Waals surface area contributed by atoms with Gasteiger partial charge in [0.05, 0.1) is 17.8 Å². The Labute approximate surface area is 93.6 Å². The molecule has 0 aliphatic carbocycles. The zero-order chi connectivity index (χ0) is 10.7. The fourth-order valence-electron chi connectivity index (χ4n) is 1.44. The molecule has 2 nitrogen and oxygen atoms in total. The van der Waals surface area contributed by atoms with Gasteiger partial charge in [-0.05, 0) is 24.6 Å². The predicted octanol–water partition coefficient (Wildman–Crippen LogP) is 3.05. The summed E-state index contributed by atoms with van der Waals surface area (Å²) in [6.07, 6.45) is 0.897. The van der Waals surface area contributed by atoms with Gasteiger partial charge in [0.1, 0.15) is 5.75 Å². The molecule has 0 bridgehead atoms. The van der Waals surface area contributed by atoms with E-state index in [9.17, 15) is 0 Å². The van der Waals surface area contributed by atoms with Crippen LogP contribution < -0.4 is 4.74 Å². The maximum absolute atomic E-state index is 5.11. The largest absolute Gasteiger partial charge is 0.497 e. The van der Waals surface area contributed by atoms with Gasteiger partial charge in [-0.2, -0.15) is 0 Å². The van der Waals surface area contributed by atoms with Gasteiger partial charge in [0, 0.05) is 11.8 Å². The van der Waals surface area contributed by atoms with Gasteiger partial charge < -0.3 is 4.74 Å². The number of aryl methyl sites for hydroxylation is 1. The van der Waals surface area contributed by atoms with Crippen molar-refractivity contribution < 1.29 is 4.74 Å². The van der Waals surface area contributed by atoms with Gasteiger partial charge in [0.15, 0.2) is 0 Å². The second kappa shape index (κ2) is 4.45. The van der Waals surface area contributed by atoms with Crippen LogP contribution in [-0.4, -0.2) is 12.1 Å². The Morgan fingerprint density at radius 2 is 2.00 bits per heavy atom. The SMILES string of the molecule is COc1ccc(Cc2csc(C)n2)cc1. The number of hydrogen-bond donors (Lipinski definition) is 0. The van der Waals surface area contributed by atoms with E-state index in [4.69, 9.17) is 4.74 Å². The van der Waals surface area contributed by atoms with Crippen molar-refractivity contribution in [2.75, 3.05) is 7.11 Å². The van der Waals surface area contributed by atoms with Crippen LogP contribution in [0, 0.1) is 6.92 Å². The molecular formula is C12H13NOS. The molecule has 15 heavy (non-hydrogen) atoms. The first-order valence-electron chi connectivity index (χ1n) is 4.82. The lowest BCUT2D eigenvalue weighted by Crippen LogP contribution is -1.89. The van der Waals surface area contributed by atoms with E-state index >= 15 is 0 Å². The molecule has 0 aliphatic heterocycles. The topological polar surface area (TPSA) is 22.1 Å². The third-order valence-electron chi connectivity index (χ3n) is 2.21. The zero-order valence-corrected chi connectivity index (χ0v) is 9.67. The summed E-state index contributed by atoms with van der Waals surface area (Å²) in [5.74, 6) is 0.896. The molecule has 0 atom stereocenters. The molecule has 1 aromatic heterocycles. The second-order valence-corrected chi connectivity index (χ2v) is 4.44. The summed E-state index contributed by atoms with van der Waals surface area (Å²) in [6.45, 7) is 2.03. The first-order valence-corrected chi connectivity index (χ1v) is 5.70. The molecule has 0 saturated heterocycles. The van der Waals surface area contributed by atoms with Crippen molar-refractivity contribution >= 4 is 11.3 Å². The van der Waals surface area contributed by atoms with Crippen LogP contribution in [0.2, 0.25) is 0 Å². The second-order valence-electron chi connectivity index (χ2n) is 3.38. The predicted molar refractivity (Wildman–Crippen MR) is 62.7 cm³/mol. The monoisotopic (exact) mass is 219 g/mol. The van der Waals surface area contributed by atoms with Gasteiger partial charge in [-0.25, -0.2) is 4.98 Å². The molecular weight excluding hydrogens is 206 g/mol. The van der Waals surface area contributed by atoms with E-state index in [2.05, 4.69) is 22.5 Å². The molecule has 0 fully saturated rings. The van der Waals surface area contributed by atoms with Crippen LogP contribution in [0.1, 0.15) is 16.3 Å². The average molecular weight is 219 g/mol. The fourth-order valence-corrected chi connectivity index (χ4v) is 2.05. The normalized spacial score (nSPS) is 10.3. The number of benzene rings is 1. The number of thiazole rings is 1. The molecule has 0 amide bonds. The van der Waals surface area contributed by atoms with Crippen LogP contribution in [0.3, 0.4) is 0 Å². The van der Waals surface area contributed by atoms with E-state index in [-0.39, 0.29) is 0 Å². The Bertz CT molecular complexity index is 433. The van der Waals surface area contributed by atoms with E-state index in [0.717, 1.165) is 22.9 Å². The molecule has 0 aliphatic rings. The van der Waals surface area contributed by atoms with Crippen molar-refractivity contribution in [1.29, 1.82) is 0 Å². The number of aromatic nitrogens is 1. The van der Waals surface area contributed by atoms with E-state index in [1.807, 2.05) is 19.1 Å². The van der Waals surface area contributed by atoms with Gasteiger partial charge in [0.25, 0.3) is 0 Å². The van der Waals surface area contributed by atoms with Crippen molar-refractivity contribution in [2.45, 2.75) is 13.3 Å². The molecule has 0 saturated carbocycles. The Kier molecular flexibility index (Phi) is 3.02. The van der Waals surface area contributed by atoms with Crippen LogP contribution in [0.25, 0.3) is 0 Å². The first kappa shape index (κ1) is 10.2. The minimum atomic E-state index is 0.896. The van der Waals surface area contributed by atoms with Crippen LogP contribution in [0.15, 0.2) is 29.6 Å². The maximum atomic E-state index is 5.11.